The van der Waals surface area contributed by atoms with Crippen LogP contribution in [0.4, 0.5) is 0 Å². The molecule has 0 saturated heterocycles. The molecule has 0 atom stereocenters. The van der Waals surface area contributed by atoms with E-state index in [1.807, 2.05) is 0 Å². The molecule has 19 heavy (non-hydrogen) atoms. The lowest BCUT2D eigenvalue weighted by Gasteiger charge is -2.37. The van der Waals surface area contributed by atoms with Gasteiger partial charge in [-0.1, -0.05) is 30.9 Å². The van der Waals surface area contributed by atoms with Crippen LogP contribution in [-0.2, 0) is 6.42 Å². The van der Waals surface area contributed by atoms with Crippen molar-refractivity contribution in [1.29, 1.82) is 0 Å². The van der Waals surface area contributed by atoms with Crippen molar-refractivity contribution in [1.82, 2.24) is 5.32 Å². The number of aryl methyl sites for hydroxylation is 1. The fraction of sp³-hybridized carbons (Fsp3) is 0.733. The summed E-state index contributed by atoms with van der Waals surface area (Å²) in [4.78, 5) is 1.42. The van der Waals surface area contributed by atoms with Crippen LogP contribution >= 0.6 is 38.9 Å². The first kappa shape index (κ1) is 15.8. The van der Waals surface area contributed by atoms with Crippen LogP contribution in [0.5, 0.6) is 0 Å². The molecule has 1 aromatic rings. The van der Waals surface area contributed by atoms with Gasteiger partial charge in [0.15, 0.2) is 0 Å². The molecule has 2 rings (SSSR count). The SMILES string of the molecule is CNCCC1(CCc2cc(Cl)c(Br)s2)CCCCC1. The lowest BCUT2D eigenvalue weighted by atomic mass is 9.69. The molecule has 0 unspecified atom stereocenters. The number of thiophene rings is 1. The van der Waals surface area contributed by atoms with Gasteiger partial charge in [0.05, 0.1) is 8.81 Å². The molecule has 4 heteroatoms. The van der Waals surface area contributed by atoms with Crippen molar-refractivity contribution in [2.75, 3.05) is 13.6 Å². The van der Waals surface area contributed by atoms with Crippen molar-refractivity contribution in [3.8, 4) is 0 Å². The van der Waals surface area contributed by atoms with Crippen LogP contribution in [0.2, 0.25) is 5.02 Å². The molecular formula is C15H23BrClNS. The fourth-order valence-corrected chi connectivity index (χ4v) is 5.04. The Morgan fingerprint density at radius 3 is 2.63 bits per heavy atom. The van der Waals surface area contributed by atoms with E-state index in [4.69, 9.17) is 11.6 Å². The van der Waals surface area contributed by atoms with Crippen LogP contribution in [0.1, 0.15) is 49.8 Å². The van der Waals surface area contributed by atoms with Crippen LogP contribution in [0, 0.1) is 5.41 Å². The standard InChI is InChI=1S/C15H23BrClNS/c1-18-10-9-15(6-3-2-4-7-15)8-5-12-11-13(17)14(16)19-12/h11,18H,2-10H2,1H3. The lowest BCUT2D eigenvalue weighted by molar-refractivity contribution is 0.158. The molecule has 1 fully saturated rings. The molecule has 1 N–H and O–H groups in total. The van der Waals surface area contributed by atoms with E-state index < -0.39 is 0 Å². The maximum atomic E-state index is 6.12. The van der Waals surface area contributed by atoms with Gasteiger partial charge < -0.3 is 5.32 Å². The minimum Gasteiger partial charge on any atom is -0.320 e. The Balaban J connectivity index is 1.95. The van der Waals surface area contributed by atoms with Crippen molar-refractivity contribution >= 4 is 38.9 Å². The van der Waals surface area contributed by atoms with Crippen molar-refractivity contribution in [2.45, 2.75) is 51.4 Å². The smallest absolute Gasteiger partial charge is 0.0887 e. The van der Waals surface area contributed by atoms with Crippen LogP contribution in [0.15, 0.2) is 9.85 Å². The average molecular weight is 365 g/mol. The summed E-state index contributed by atoms with van der Waals surface area (Å²) in [7, 11) is 2.06. The van der Waals surface area contributed by atoms with Crippen LogP contribution in [-0.4, -0.2) is 13.6 Å². The van der Waals surface area contributed by atoms with Gasteiger partial charge >= 0.3 is 0 Å². The zero-order valence-corrected chi connectivity index (χ0v) is 14.8. The first-order valence-electron chi connectivity index (χ1n) is 7.23. The Kier molecular flexibility index (Phi) is 6.19. The second-order valence-electron chi connectivity index (χ2n) is 5.75. The Hall–Kier alpha value is 0.430. The van der Waals surface area contributed by atoms with E-state index in [1.165, 1.54) is 56.2 Å². The predicted octanol–water partition coefficient (Wildman–Crippen LogP) is 5.66. The summed E-state index contributed by atoms with van der Waals surface area (Å²) in [5.74, 6) is 0. The highest BCUT2D eigenvalue weighted by atomic mass is 79.9. The van der Waals surface area contributed by atoms with Crippen molar-refractivity contribution in [3.05, 3.63) is 19.8 Å². The Bertz CT molecular complexity index is 379. The van der Waals surface area contributed by atoms with Gasteiger partial charge in [0.1, 0.15) is 0 Å². The van der Waals surface area contributed by atoms with E-state index in [0.29, 0.717) is 5.41 Å². The van der Waals surface area contributed by atoms with Gasteiger partial charge in [-0.3, -0.25) is 0 Å². The molecule has 1 aliphatic carbocycles. The van der Waals surface area contributed by atoms with Gasteiger partial charge in [-0.05, 0) is 73.1 Å². The summed E-state index contributed by atoms with van der Waals surface area (Å²) in [6.45, 7) is 1.15. The zero-order chi connectivity index (χ0) is 13.7. The summed E-state index contributed by atoms with van der Waals surface area (Å²) in [5.41, 5.74) is 0.574. The van der Waals surface area contributed by atoms with Gasteiger partial charge in [-0.2, -0.15) is 0 Å². The van der Waals surface area contributed by atoms with Crippen molar-refractivity contribution in [3.63, 3.8) is 0 Å². The number of hydrogen-bond donors (Lipinski definition) is 1. The molecule has 0 bridgehead atoms. The Labute approximate surface area is 134 Å². The molecule has 0 aromatic carbocycles. The van der Waals surface area contributed by atoms with Gasteiger partial charge in [-0.15, -0.1) is 11.3 Å². The topological polar surface area (TPSA) is 12.0 Å². The minimum atomic E-state index is 0.574. The largest absolute Gasteiger partial charge is 0.320 e. The van der Waals surface area contributed by atoms with Crippen LogP contribution in [0.3, 0.4) is 0 Å². The summed E-state index contributed by atoms with van der Waals surface area (Å²) >= 11 is 11.4. The van der Waals surface area contributed by atoms with Gasteiger partial charge in [0.2, 0.25) is 0 Å². The number of hydrogen-bond acceptors (Lipinski definition) is 2. The third-order valence-corrected chi connectivity index (χ3v) is 6.95. The second kappa shape index (κ2) is 7.44. The maximum Gasteiger partial charge on any atom is 0.0887 e. The predicted molar refractivity (Wildman–Crippen MR) is 89.4 cm³/mol. The third kappa shape index (κ3) is 4.45. The highest BCUT2D eigenvalue weighted by Gasteiger charge is 2.31. The highest BCUT2D eigenvalue weighted by molar-refractivity contribution is 9.11. The quantitative estimate of drug-likeness (QED) is 0.687. The lowest BCUT2D eigenvalue weighted by Crippen LogP contribution is -2.28. The van der Waals surface area contributed by atoms with E-state index in [2.05, 4.69) is 34.4 Å². The fourth-order valence-electron chi connectivity index (χ4n) is 3.22. The summed E-state index contributed by atoms with van der Waals surface area (Å²) in [6, 6.07) is 2.13. The molecule has 1 aliphatic rings. The molecule has 1 nitrogen and oxygen atoms in total. The number of halogens is 2. The van der Waals surface area contributed by atoms with Crippen molar-refractivity contribution in [2.24, 2.45) is 5.41 Å². The zero-order valence-electron chi connectivity index (χ0n) is 11.6. The van der Waals surface area contributed by atoms with E-state index in [-0.39, 0.29) is 0 Å². The average Bonchev–Trinajstić information content (AvgIpc) is 2.75. The molecule has 1 saturated carbocycles. The summed E-state index contributed by atoms with van der Waals surface area (Å²) in [5, 5.41) is 4.19. The molecular weight excluding hydrogens is 342 g/mol. The number of rotatable bonds is 6. The molecule has 1 heterocycles. The van der Waals surface area contributed by atoms with Gasteiger partial charge in [-0.25, -0.2) is 0 Å². The molecule has 0 amide bonds. The molecule has 0 spiro atoms. The van der Waals surface area contributed by atoms with E-state index in [1.54, 1.807) is 11.3 Å². The van der Waals surface area contributed by atoms with E-state index >= 15 is 0 Å². The van der Waals surface area contributed by atoms with Crippen LogP contribution < -0.4 is 5.32 Å². The molecule has 0 aliphatic heterocycles. The van der Waals surface area contributed by atoms with Crippen LogP contribution in [0.25, 0.3) is 0 Å². The summed E-state index contributed by atoms with van der Waals surface area (Å²) in [6.07, 6.45) is 10.9. The van der Waals surface area contributed by atoms with E-state index in [0.717, 1.165) is 15.4 Å². The maximum absolute atomic E-state index is 6.12. The van der Waals surface area contributed by atoms with Gasteiger partial charge in [0.25, 0.3) is 0 Å². The monoisotopic (exact) mass is 363 g/mol. The van der Waals surface area contributed by atoms with E-state index in [9.17, 15) is 0 Å². The molecule has 1 aromatic heterocycles. The molecule has 0 radical (unpaired) electrons. The van der Waals surface area contributed by atoms with Gasteiger partial charge in [0, 0.05) is 4.88 Å². The van der Waals surface area contributed by atoms with Crippen molar-refractivity contribution < 1.29 is 0 Å². The minimum absolute atomic E-state index is 0.574. The second-order valence-corrected chi connectivity index (χ2v) is 8.61. The first-order chi connectivity index (χ1) is 9.15. The first-order valence-corrected chi connectivity index (χ1v) is 9.22. The highest BCUT2D eigenvalue weighted by Crippen LogP contribution is 2.44. The summed E-state index contributed by atoms with van der Waals surface area (Å²) < 4.78 is 1.08. The Morgan fingerprint density at radius 2 is 2.05 bits per heavy atom. The normalized spacial score (nSPS) is 18.7. The Morgan fingerprint density at radius 1 is 1.32 bits per heavy atom. The number of nitrogens with one attached hydrogen (secondary N) is 1. The molecule has 108 valence electrons. The third-order valence-electron chi connectivity index (χ3n) is 4.42.